The number of hydrogen-bond donors (Lipinski definition) is 0. The SMILES string of the molecule is Cc1ccc(-c2ccc(/C=C3\SC(N4CCOCC4)=NC3=O)o2)c(Br)c1. The minimum absolute atomic E-state index is 0.217. The number of ether oxygens (including phenoxy) is 1. The van der Waals surface area contributed by atoms with Crippen LogP contribution in [0.2, 0.25) is 0 Å². The van der Waals surface area contributed by atoms with Crippen LogP contribution in [-0.4, -0.2) is 42.3 Å². The summed E-state index contributed by atoms with van der Waals surface area (Å²) in [4.78, 5) is 19.1. The summed E-state index contributed by atoms with van der Waals surface area (Å²) >= 11 is 4.97. The molecule has 3 heterocycles. The molecule has 0 radical (unpaired) electrons. The Labute approximate surface area is 164 Å². The third kappa shape index (κ3) is 3.65. The lowest BCUT2D eigenvalue weighted by atomic mass is 10.1. The number of morpholine rings is 1. The van der Waals surface area contributed by atoms with Crippen LogP contribution in [0.25, 0.3) is 17.4 Å². The first kappa shape index (κ1) is 17.6. The molecule has 5 nitrogen and oxygen atoms in total. The molecule has 7 heteroatoms. The Balaban J connectivity index is 1.52. The first-order valence-corrected chi connectivity index (χ1v) is 9.93. The summed E-state index contributed by atoms with van der Waals surface area (Å²) in [7, 11) is 0. The molecule has 2 aromatic rings. The van der Waals surface area contributed by atoms with Crippen LogP contribution in [0.3, 0.4) is 0 Å². The predicted octanol–water partition coefficient (Wildman–Crippen LogP) is 4.32. The maximum absolute atomic E-state index is 12.2. The van der Waals surface area contributed by atoms with E-state index in [2.05, 4.69) is 31.9 Å². The number of amidine groups is 1. The van der Waals surface area contributed by atoms with Crippen LogP contribution in [0.15, 0.2) is 49.1 Å². The van der Waals surface area contributed by atoms with Crippen molar-refractivity contribution in [2.24, 2.45) is 4.99 Å². The van der Waals surface area contributed by atoms with Crippen molar-refractivity contribution in [3.8, 4) is 11.3 Å². The number of carbonyl (C=O) groups is 1. The Morgan fingerprint density at radius 1 is 1.23 bits per heavy atom. The monoisotopic (exact) mass is 432 g/mol. The number of aliphatic imine (C=N–C) groups is 1. The van der Waals surface area contributed by atoms with E-state index in [4.69, 9.17) is 9.15 Å². The summed E-state index contributed by atoms with van der Waals surface area (Å²) in [5.41, 5.74) is 2.16. The number of rotatable bonds is 2. The second-order valence-electron chi connectivity index (χ2n) is 6.09. The van der Waals surface area contributed by atoms with Gasteiger partial charge in [-0.1, -0.05) is 22.0 Å². The van der Waals surface area contributed by atoms with E-state index in [-0.39, 0.29) is 5.91 Å². The average molecular weight is 433 g/mol. The highest BCUT2D eigenvalue weighted by Gasteiger charge is 2.27. The molecule has 1 aromatic carbocycles. The summed E-state index contributed by atoms with van der Waals surface area (Å²) in [6.45, 7) is 4.90. The van der Waals surface area contributed by atoms with Crippen LogP contribution in [0.5, 0.6) is 0 Å². The van der Waals surface area contributed by atoms with E-state index in [1.165, 1.54) is 17.3 Å². The van der Waals surface area contributed by atoms with Gasteiger partial charge in [0, 0.05) is 29.2 Å². The van der Waals surface area contributed by atoms with E-state index in [0.717, 1.165) is 34.1 Å². The van der Waals surface area contributed by atoms with E-state index in [1.807, 2.05) is 31.2 Å². The van der Waals surface area contributed by atoms with Crippen molar-refractivity contribution in [3.63, 3.8) is 0 Å². The van der Waals surface area contributed by atoms with Gasteiger partial charge in [-0.05, 0) is 48.5 Å². The molecule has 0 N–H and O–H groups in total. The summed E-state index contributed by atoms with van der Waals surface area (Å²) in [5, 5.41) is 0.748. The minimum atomic E-state index is -0.217. The molecular weight excluding hydrogens is 416 g/mol. The van der Waals surface area contributed by atoms with Gasteiger partial charge < -0.3 is 14.1 Å². The smallest absolute Gasteiger partial charge is 0.286 e. The quantitative estimate of drug-likeness (QED) is 0.661. The number of nitrogens with zero attached hydrogens (tertiary/aromatic N) is 2. The maximum Gasteiger partial charge on any atom is 0.286 e. The molecule has 0 spiro atoms. The Morgan fingerprint density at radius 2 is 2.04 bits per heavy atom. The molecule has 1 amide bonds. The highest BCUT2D eigenvalue weighted by molar-refractivity contribution is 9.10. The normalized spacial score (nSPS) is 19.3. The van der Waals surface area contributed by atoms with Gasteiger partial charge in [-0.25, -0.2) is 0 Å². The Bertz CT molecular complexity index is 913. The van der Waals surface area contributed by atoms with Crippen LogP contribution >= 0.6 is 27.7 Å². The number of halogens is 1. The van der Waals surface area contributed by atoms with Gasteiger partial charge in [0.15, 0.2) is 5.17 Å². The van der Waals surface area contributed by atoms with Gasteiger partial charge in [-0.15, -0.1) is 0 Å². The molecule has 1 fully saturated rings. The van der Waals surface area contributed by atoms with Gasteiger partial charge in [0.05, 0.1) is 18.1 Å². The molecule has 1 aromatic heterocycles. The van der Waals surface area contributed by atoms with Crippen molar-refractivity contribution in [1.82, 2.24) is 4.90 Å². The molecule has 0 atom stereocenters. The molecule has 2 aliphatic rings. The van der Waals surface area contributed by atoms with Crippen LogP contribution < -0.4 is 0 Å². The molecule has 4 rings (SSSR count). The average Bonchev–Trinajstić information content (AvgIpc) is 3.23. The number of hydrogen-bond acceptors (Lipinski definition) is 5. The Hall–Kier alpha value is -1.83. The van der Waals surface area contributed by atoms with Crippen LogP contribution in [0.1, 0.15) is 11.3 Å². The number of furan rings is 1. The van der Waals surface area contributed by atoms with E-state index >= 15 is 0 Å². The van der Waals surface area contributed by atoms with Crippen molar-refractivity contribution in [2.45, 2.75) is 6.92 Å². The standard InChI is InChI=1S/C19H17BrN2O3S/c1-12-2-4-14(15(20)10-12)16-5-3-13(25-16)11-17-18(23)21-19(26-17)22-6-8-24-9-7-22/h2-5,10-11H,6-9H2,1H3/b17-11-. The third-order valence-electron chi connectivity index (χ3n) is 4.18. The largest absolute Gasteiger partial charge is 0.457 e. The van der Waals surface area contributed by atoms with Crippen molar-refractivity contribution < 1.29 is 13.9 Å². The summed E-state index contributed by atoms with van der Waals surface area (Å²) < 4.78 is 12.3. The third-order valence-corrected chi connectivity index (χ3v) is 5.88. The van der Waals surface area contributed by atoms with Gasteiger partial charge in [-0.2, -0.15) is 4.99 Å². The highest BCUT2D eigenvalue weighted by atomic mass is 79.9. The van der Waals surface area contributed by atoms with Gasteiger partial charge in [0.2, 0.25) is 0 Å². The Morgan fingerprint density at radius 3 is 2.81 bits per heavy atom. The van der Waals surface area contributed by atoms with Gasteiger partial charge >= 0.3 is 0 Å². The molecule has 1 saturated heterocycles. The lowest BCUT2D eigenvalue weighted by Gasteiger charge is -2.27. The van der Waals surface area contributed by atoms with Gasteiger partial charge in [0.25, 0.3) is 5.91 Å². The molecule has 0 unspecified atom stereocenters. The van der Waals surface area contributed by atoms with E-state index in [9.17, 15) is 4.79 Å². The zero-order valence-corrected chi connectivity index (χ0v) is 16.6. The fraction of sp³-hybridized carbons (Fsp3) is 0.263. The fourth-order valence-corrected chi connectivity index (χ4v) is 4.45. The molecular formula is C19H17BrN2O3S. The van der Waals surface area contributed by atoms with Crippen LogP contribution in [0, 0.1) is 6.92 Å². The summed E-state index contributed by atoms with van der Waals surface area (Å²) in [6.07, 6.45) is 1.76. The Kier molecular flexibility index (Phi) is 5.02. The van der Waals surface area contributed by atoms with Gasteiger partial charge in [-0.3, -0.25) is 4.79 Å². The van der Waals surface area contributed by atoms with Crippen molar-refractivity contribution in [3.05, 3.63) is 51.0 Å². The molecule has 26 heavy (non-hydrogen) atoms. The van der Waals surface area contributed by atoms with E-state index < -0.39 is 0 Å². The number of carbonyl (C=O) groups excluding carboxylic acids is 1. The van der Waals surface area contributed by atoms with Gasteiger partial charge in [0.1, 0.15) is 11.5 Å². The predicted molar refractivity (Wildman–Crippen MR) is 107 cm³/mol. The number of thioether (sulfide) groups is 1. The molecule has 0 bridgehead atoms. The van der Waals surface area contributed by atoms with Crippen LogP contribution in [0.4, 0.5) is 0 Å². The summed E-state index contributed by atoms with van der Waals surface area (Å²) in [5.74, 6) is 1.18. The lowest BCUT2D eigenvalue weighted by Crippen LogP contribution is -2.38. The number of amides is 1. The second kappa shape index (κ2) is 7.42. The molecule has 0 aliphatic carbocycles. The zero-order chi connectivity index (χ0) is 18.1. The first-order valence-electron chi connectivity index (χ1n) is 8.32. The topological polar surface area (TPSA) is 55.0 Å². The minimum Gasteiger partial charge on any atom is -0.457 e. The highest BCUT2D eigenvalue weighted by Crippen LogP contribution is 2.34. The van der Waals surface area contributed by atoms with E-state index in [1.54, 1.807) is 6.08 Å². The molecule has 134 valence electrons. The van der Waals surface area contributed by atoms with Crippen LogP contribution in [-0.2, 0) is 9.53 Å². The summed E-state index contributed by atoms with van der Waals surface area (Å²) in [6, 6.07) is 9.89. The second-order valence-corrected chi connectivity index (χ2v) is 7.96. The van der Waals surface area contributed by atoms with Crippen molar-refractivity contribution >= 4 is 44.8 Å². The fourth-order valence-electron chi connectivity index (χ4n) is 2.81. The van der Waals surface area contributed by atoms with Crippen molar-refractivity contribution in [2.75, 3.05) is 26.3 Å². The molecule has 0 saturated carbocycles. The first-order chi connectivity index (χ1) is 12.6. The zero-order valence-electron chi connectivity index (χ0n) is 14.2. The lowest BCUT2D eigenvalue weighted by molar-refractivity contribution is -0.113. The number of benzene rings is 1. The maximum atomic E-state index is 12.2. The van der Waals surface area contributed by atoms with E-state index in [0.29, 0.717) is 23.9 Å². The molecule has 2 aliphatic heterocycles. The number of aryl methyl sites for hydroxylation is 1. The van der Waals surface area contributed by atoms with Crippen molar-refractivity contribution in [1.29, 1.82) is 0 Å².